The second-order valence-electron chi connectivity index (χ2n) is 9.96. The molecule has 7 heteroatoms. The Labute approximate surface area is 155 Å². The number of hydrogen-bond acceptors (Lipinski definition) is 5. The van der Waals surface area contributed by atoms with Gasteiger partial charge in [0.25, 0.3) is 0 Å². The fourth-order valence-corrected chi connectivity index (χ4v) is 4.96. The summed E-state index contributed by atoms with van der Waals surface area (Å²) >= 11 is 0. The van der Waals surface area contributed by atoms with Crippen LogP contribution < -0.4 is 5.59 Å². The fraction of sp³-hybridized carbons (Fsp3) is 0.789. The number of carbonyl (C=O) groups excluding carboxylic acids is 1. The highest BCUT2D eigenvalue weighted by Gasteiger charge is 2.67. The molecular weight excluding hydrogens is 331 g/mol. The standard InChI is InChI=1S/C19H29BN2O4/c1-17(2,3)24-16(23)13-9-14(21-22(13)7)20-25-15-12-8-11(18(12,4)5)10-19(15,6)26-20/h9,11-12,15H,8,10H2,1-7H3/t11-,12+,15?,19+/m1/s1. The Morgan fingerprint density at radius 3 is 2.69 bits per heavy atom. The summed E-state index contributed by atoms with van der Waals surface area (Å²) < 4.78 is 19.7. The largest absolute Gasteiger partial charge is 0.516 e. The van der Waals surface area contributed by atoms with E-state index in [1.165, 1.54) is 6.42 Å². The molecule has 1 aromatic heterocycles. The van der Waals surface area contributed by atoms with Crippen LogP contribution in [0.2, 0.25) is 0 Å². The Balaban J connectivity index is 1.55. The summed E-state index contributed by atoms with van der Waals surface area (Å²) in [6, 6.07) is 1.73. The van der Waals surface area contributed by atoms with Crippen molar-refractivity contribution in [1.82, 2.24) is 9.78 Å². The zero-order valence-corrected chi connectivity index (χ0v) is 16.8. The summed E-state index contributed by atoms with van der Waals surface area (Å²) in [5, 5.41) is 4.47. The van der Waals surface area contributed by atoms with Gasteiger partial charge in [0.15, 0.2) is 0 Å². The molecule has 5 rings (SSSR count). The molecule has 0 spiro atoms. The molecule has 4 atom stereocenters. The molecular formula is C19H29BN2O4. The zero-order valence-electron chi connectivity index (χ0n) is 16.8. The lowest BCUT2D eigenvalue weighted by Crippen LogP contribution is -2.63. The molecule has 3 aliphatic carbocycles. The van der Waals surface area contributed by atoms with Gasteiger partial charge in [-0.3, -0.25) is 4.68 Å². The molecule has 4 fully saturated rings. The Hall–Kier alpha value is -1.34. The molecule has 1 aliphatic heterocycles. The Kier molecular flexibility index (Phi) is 3.71. The first-order chi connectivity index (χ1) is 11.9. The molecule has 0 N–H and O–H groups in total. The van der Waals surface area contributed by atoms with Crippen LogP contribution in [0.1, 0.15) is 64.9 Å². The first kappa shape index (κ1) is 18.0. The summed E-state index contributed by atoms with van der Waals surface area (Å²) in [7, 11) is 1.22. The van der Waals surface area contributed by atoms with Crippen LogP contribution in [0, 0.1) is 17.3 Å². The second kappa shape index (κ2) is 5.35. The Morgan fingerprint density at radius 1 is 1.38 bits per heavy atom. The van der Waals surface area contributed by atoms with Crippen molar-refractivity contribution >= 4 is 18.7 Å². The molecule has 3 saturated carbocycles. The molecule has 2 bridgehead atoms. The maximum atomic E-state index is 12.4. The third-order valence-corrected chi connectivity index (χ3v) is 6.56. The predicted octanol–water partition coefficient (Wildman–Crippen LogP) is 2.31. The monoisotopic (exact) mass is 360 g/mol. The van der Waals surface area contributed by atoms with Gasteiger partial charge < -0.3 is 14.0 Å². The zero-order chi connectivity index (χ0) is 19.1. The minimum Gasteiger partial charge on any atom is -0.455 e. The minimum atomic E-state index is -0.545. The fourth-order valence-electron chi connectivity index (χ4n) is 4.96. The van der Waals surface area contributed by atoms with Crippen LogP contribution in [0.3, 0.4) is 0 Å². The average Bonchev–Trinajstić information content (AvgIpc) is 3.04. The molecule has 2 heterocycles. The first-order valence-corrected chi connectivity index (χ1v) is 9.51. The predicted molar refractivity (Wildman–Crippen MR) is 98.1 cm³/mol. The number of esters is 1. The SMILES string of the molecule is Cn1nc(B2OC3[C@@H]4C[C@H](C[C@]3(C)O2)C4(C)C)cc1C(=O)OC(C)(C)C. The van der Waals surface area contributed by atoms with Gasteiger partial charge in [-0.05, 0) is 63.9 Å². The summed E-state index contributed by atoms with van der Waals surface area (Å²) in [5.74, 6) is 0.825. The van der Waals surface area contributed by atoms with Gasteiger partial charge in [0, 0.05) is 7.05 Å². The van der Waals surface area contributed by atoms with Crippen molar-refractivity contribution in [2.24, 2.45) is 24.3 Å². The van der Waals surface area contributed by atoms with E-state index in [0.717, 1.165) is 6.42 Å². The number of aryl methyl sites for hydroxylation is 1. The molecule has 0 amide bonds. The van der Waals surface area contributed by atoms with Crippen LogP contribution in [-0.4, -0.2) is 40.2 Å². The van der Waals surface area contributed by atoms with Crippen molar-refractivity contribution in [2.45, 2.75) is 71.7 Å². The van der Waals surface area contributed by atoms with Gasteiger partial charge in [-0.2, -0.15) is 5.10 Å². The minimum absolute atomic E-state index is 0.0829. The van der Waals surface area contributed by atoms with E-state index < -0.39 is 12.7 Å². The van der Waals surface area contributed by atoms with E-state index in [1.807, 2.05) is 20.8 Å². The van der Waals surface area contributed by atoms with Gasteiger partial charge in [0.05, 0.1) is 17.3 Å². The maximum absolute atomic E-state index is 12.4. The summed E-state index contributed by atoms with van der Waals surface area (Å²) in [4.78, 5) is 12.4. The highest BCUT2D eigenvalue weighted by molar-refractivity contribution is 6.61. The van der Waals surface area contributed by atoms with Crippen LogP contribution in [0.4, 0.5) is 0 Å². The molecule has 6 nitrogen and oxygen atoms in total. The number of nitrogens with zero attached hydrogens (tertiary/aromatic N) is 2. The lowest BCUT2D eigenvalue weighted by atomic mass is 9.45. The summed E-state index contributed by atoms with van der Waals surface area (Å²) in [5.41, 5.74) is 0.549. The number of rotatable bonds is 2. The van der Waals surface area contributed by atoms with Crippen LogP contribution in [0.5, 0.6) is 0 Å². The first-order valence-electron chi connectivity index (χ1n) is 9.51. The van der Waals surface area contributed by atoms with Crippen molar-refractivity contribution in [2.75, 3.05) is 0 Å². The molecule has 0 radical (unpaired) electrons. The van der Waals surface area contributed by atoms with E-state index in [0.29, 0.717) is 28.5 Å². The Bertz CT molecular complexity index is 753. The van der Waals surface area contributed by atoms with Gasteiger partial charge in [-0.15, -0.1) is 0 Å². The molecule has 1 unspecified atom stereocenters. The highest BCUT2D eigenvalue weighted by Crippen LogP contribution is 2.64. The average molecular weight is 360 g/mol. The highest BCUT2D eigenvalue weighted by atomic mass is 16.7. The van der Waals surface area contributed by atoms with Crippen LogP contribution in [0.25, 0.3) is 0 Å². The third kappa shape index (κ3) is 2.62. The van der Waals surface area contributed by atoms with Gasteiger partial charge in [0.1, 0.15) is 11.3 Å². The van der Waals surface area contributed by atoms with E-state index in [2.05, 4.69) is 25.9 Å². The lowest BCUT2D eigenvalue weighted by Gasteiger charge is -2.63. The van der Waals surface area contributed by atoms with Crippen molar-refractivity contribution < 1.29 is 18.8 Å². The van der Waals surface area contributed by atoms with Crippen molar-refractivity contribution in [3.63, 3.8) is 0 Å². The lowest BCUT2D eigenvalue weighted by molar-refractivity contribution is -0.185. The van der Waals surface area contributed by atoms with Crippen molar-refractivity contribution in [3.8, 4) is 0 Å². The van der Waals surface area contributed by atoms with Gasteiger partial charge in [0.2, 0.25) is 0 Å². The van der Waals surface area contributed by atoms with Gasteiger partial charge in [-0.1, -0.05) is 13.8 Å². The molecule has 1 aromatic rings. The molecule has 4 aliphatic rings. The number of carbonyl (C=O) groups is 1. The van der Waals surface area contributed by atoms with E-state index in [-0.39, 0.29) is 17.7 Å². The van der Waals surface area contributed by atoms with E-state index in [9.17, 15) is 4.79 Å². The topological polar surface area (TPSA) is 62.6 Å². The number of hydrogen-bond donors (Lipinski definition) is 0. The molecule has 1 saturated heterocycles. The quantitative estimate of drug-likeness (QED) is 0.598. The van der Waals surface area contributed by atoms with Crippen LogP contribution in [-0.2, 0) is 21.1 Å². The molecule has 26 heavy (non-hydrogen) atoms. The summed E-state index contributed by atoms with van der Waals surface area (Å²) in [6.07, 6.45) is 2.32. The number of aromatic nitrogens is 2. The van der Waals surface area contributed by atoms with Gasteiger partial charge >= 0.3 is 13.1 Å². The Morgan fingerprint density at radius 2 is 2.08 bits per heavy atom. The third-order valence-electron chi connectivity index (χ3n) is 6.56. The second-order valence-corrected chi connectivity index (χ2v) is 9.96. The smallest absolute Gasteiger partial charge is 0.455 e. The van der Waals surface area contributed by atoms with E-state index >= 15 is 0 Å². The van der Waals surface area contributed by atoms with Crippen LogP contribution in [0.15, 0.2) is 6.07 Å². The molecule has 0 aromatic carbocycles. The maximum Gasteiger partial charge on any atom is 0.516 e. The number of ether oxygens (including phenoxy) is 1. The van der Waals surface area contributed by atoms with Crippen LogP contribution >= 0.6 is 0 Å². The van der Waals surface area contributed by atoms with Gasteiger partial charge in [-0.25, -0.2) is 4.79 Å². The normalized spacial score (nSPS) is 35.0. The van der Waals surface area contributed by atoms with Crippen molar-refractivity contribution in [1.29, 1.82) is 0 Å². The molecule has 142 valence electrons. The summed E-state index contributed by atoms with van der Waals surface area (Å²) in [6.45, 7) is 12.4. The van der Waals surface area contributed by atoms with Crippen molar-refractivity contribution in [3.05, 3.63) is 11.8 Å². The van der Waals surface area contributed by atoms with E-state index in [1.54, 1.807) is 17.8 Å². The van der Waals surface area contributed by atoms with E-state index in [4.69, 9.17) is 14.0 Å².